The lowest BCUT2D eigenvalue weighted by Gasteiger charge is -2.18. The highest BCUT2D eigenvalue weighted by atomic mass is 16.6. The molecule has 0 fully saturated rings. The van der Waals surface area contributed by atoms with Crippen molar-refractivity contribution in [1.82, 2.24) is 0 Å². The molecule has 0 rings (SSSR count). The van der Waals surface area contributed by atoms with E-state index in [-0.39, 0.29) is 31.1 Å². The summed E-state index contributed by atoms with van der Waals surface area (Å²) in [5, 5.41) is 0. The monoisotopic (exact) mass is 1030 g/mol. The van der Waals surface area contributed by atoms with Crippen molar-refractivity contribution in [3.8, 4) is 0 Å². The van der Waals surface area contributed by atoms with Gasteiger partial charge in [-0.1, -0.05) is 252 Å². The van der Waals surface area contributed by atoms with Crippen LogP contribution in [0.3, 0.4) is 0 Å². The van der Waals surface area contributed by atoms with Gasteiger partial charge >= 0.3 is 17.9 Å². The van der Waals surface area contributed by atoms with Crippen molar-refractivity contribution in [3.05, 3.63) is 109 Å². The highest BCUT2D eigenvalue weighted by Crippen LogP contribution is 2.15. The first-order valence-electron chi connectivity index (χ1n) is 30.9. The summed E-state index contributed by atoms with van der Waals surface area (Å²) in [4.78, 5) is 38.2. The highest BCUT2D eigenvalue weighted by Gasteiger charge is 2.19. The summed E-state index contributed by atoms with van der Waals surface area (Å²) in [5.41, 5.74) is 0. The lowest BCUT2D eigenvalue weighted by molar-refractivity contribution is -0.167. The first-order chi connectivity index (χ1) is 36.5. The van der Waals surface area contributed by atoms with Gasteiger partial charge in [-0.25, -0.2) is 0 Å². The van der Waals surface area contributed by atoms with E-state index in [1.165, 1.54) is 109 Å². The Bertz CT molecular complexity index is 1510. The second kappa shape index (κ2) is 61.6. The third-order valence-electron chi connectivity index (χ3n) is 13.0. The van der Waals surface area contributed by atoms with Crippen molar-refractivity contribution in [3.63, 3.8) is 0 Å². The SMILES string of the molecule is CC/C=C\C/C=C\C/C=C\C/C=C\C/C=C\C/C=C\CCCCCCC(=O)OCC(COC(=O)CCCCCCC/C=C\CCC)OC(=O)CCCCCCCCCCCCC/C=C\C/C=C\CCCCCCC. The summed E-state index contributed by atoms with van der Waals surface area (Å²) in [6.07, 6.45) is 83.8. The Kier molecular flexibility index (Phi) is 58.3. The van der Waals surface area contributed by atoms with Crippen LogP contribution < -0.4 is 0 Å². The number of unbranched alkanes of at least 4 members (excludes halogenated alkanes) is 26. The summed E-state index contributed by atoms with van der Waals surface area (Å²) in [6.45, 7) is 6.43. The number of esters is 3. The van der Waals surface area contributed by atoms with Gasteiger partial charge in [-0.2, -0.15) is 0 Å². The molecular weight excluding hydrogens is 913 g/mol. The van der Waals surface area contributed by atoms with Crippen LogP contribution in [-0.2, 0) is 28.6 Å². The standard InChI is InChI=1S/C68H114O6/c1-4-7-10-13-16-19-22-24-26-28-30-32-34-36-38-40-42-44-46-49-52-55-58-61-67(70)73-64-65(63-72-66(69)60-57-54-51-48-21-18-15-12-9-6-3)74-68(71)62-59-56-53-50-47-45-43-41-39-37-35-33-31-29-27-25-23-20-17-14-11-8-5-2/h7,10,12,15-16,19,23-26,29-32,36,38,42,44,65H,4-6,8-9,11,13-14,17-18,20-22,27-28,33-35,37,39-41,43,45-64H2,1-3H3/b10-7-,15-12-,19-16-,25-23-,26-24-,31-29-,32-30-,38-36-,44-42-. The number of ether oxygens (including phenoxy) is 3. The van der Waals surface area contributed by atoms with Crippen LogP contribution in [0, 0.1) is 0 Å². The molecule has 0 heterocycles. The van der Waals surface area contributed by atoms with E-state index in [1.54, 1.807) is 0 Å². The Labute approximate surface area is 457 Å². The first kappa shape index (κ1) is 70.1. The number of allylic oxidation sites excluding steroid dienone is 18. The van der Waals surface area contributed by atoms with E-state index in [9.17, 15) is 14.4 Å². The van der Waals surface area contributed by atoms with Crippen LogP contribution in [0.25, 0.3) is 0 Å². The first-order valence-corrected chi connectivity index (χ1v) is 30.9. The fourth-order valence-electron chi connectivity index (χ4n) is 8.36. The number of rotatable bonds is 55. The smallest absolute Gasteiger partial charge is 0.306 e. The highest BCUT2D eigenvalue weighted by molar-refractivity contribution is 5.71. The van der Waals surface area contributed by atoms with Gasteiger partial charge in [0.1, 0.15) is 13.2 Å². The Hall–Kier alpha value is -3.93. The molecule has 0 aliphatic carbocycles. The second-order valence-corrected chi connectivity index (χ2v) is 20.2. The molecule has 0 amide bonds. The molecule has 74 heavy (non-hydrogen) atoms. The van der Waals surface area contributed by atoms with Crippen LogP contribution in [0.5, 0.6) is 0 Å². The van der Waals surface area contributed by atoms with Crippen LogP contribution >= 0.6 is 0 Å². The van der Waals surface area contributed by atoms with E-state index >= 15 is 0 Å². The Morgan fingerprint density at radius 2 is 0.554 bits per heavy atom. The van der Waals surface area contributed by atoms with Crippen molar-refractivity contribution < 1.29 is 28.6 Å². The number of hydrogen-bond donors (Lipinski definition) is 0. The zero-order chi connectivity index (χ0) is 53.6. The van der Waals surface area contributed by atoms with Gasteiger partial charge in [-0.05, 0) is 122 Å². The molecule has 0 aromatic heterocycles. The van der Waals surface area contributed by atoms with E-state index < -0.39 is 6.10 Å². The van der Waals surface area contributed by atoms with Gasteiger partial charge in [-0.15, -0.1) is 0 Å². The fourth-order valence-corrected chi connectivity index (χ4v) is 8.36. The zero-order valence-electron chi connectivity index (χ0n) is 48.3. The molecule has 422 valence electrons. The number of hydrogen-bond acceptors (Lipinski definition) is 6. The van der Waals surface area contributed by atoms with Gasteiger partial charge in [0.2, 0.25) is 0 Å². The lowest BCUT2D eigenvalue weighted by atomic mass is 10.0. The normalized spacial score (nSPS) is 12.9. The Morgan fingerprint density at radius 3 is 0.892 bits per heavy atom. The minimum absolute atomic E-state index is 0.0924. The minimum atomic E-state index is -0.795. The molecule has 0 saturated carbocycles. The molecular formula is C68H114O6. The summed E-state index contributed by atoms with van der Waals surface area (Å²) in [5.74, 6) is -0.927. The summed E-state index contributed by atoms with van der Waals surface area (Å²) in [7, 11) is 0. The van der Waals surface area contributed by atoms with Crippen molar-refractivity contribution in [2.75, 3.05) is 13.2 Å². The van der Waals surface area contributed by atoms with Gasteiger partial charge < -0.3 is 14.2 Å². The van der Waals surface area contributed by atoms with E-state index in [4.69, 9.17) is 14.2 Å². The van der Waals surface area contributed by atoms with E-state index in [2.05, 4.69) is 130 Å². The predicted octanol–water partition coefficient (Wildman–Crippen LogP) is 21.0. The maximum atomic E-state index is 12.9. The molecule has 0 N–H and O–H groups in total. The van der Waals surface area contributed by atoms with E-state index in [0.29, 0.717) is 19.3 Å². The lowest BCUT2D eigenvalue weighted by Crippen LogP contribution is -2.30. The number of carbonyl (C=O) groups is 3. The summed E-state index contributed by atoms with van der Waals surface area (Å²) in [6, 6.07) is 0. The van der Waals surface area contributed by atoms with Gasteiger partial charge in [-0.3, -0.25) is 14.4 Å². The largest absolute Gasteiger partial charge is 0.462 e. The molecule has 6 nitrogen and oxygen atoms in total. The predicted molar refractivity (Wildman–Crippen MR) is 320 cm³/mol. The molecule has 0 aromatic rings. The van der Waals surface area contributed by atoms with Gasteiger partial charge in [0, 0.05) is 19.3 Å². The molecule has 0 aliphatic rings. The Morgan fingerprint density at radius 1 is 0.284 bits per heavy atom. The van der Waals surface area contributed by atoms with Crippen molar-refractivity contribution in [1.29, 1.82) is 0 Å². The van der Waals surface area contributed by atoms with Crippen LogP contribution in [0.1, 0.15) is 284 Å². The van der Waals surface area contributed by atoms with E-state index in [1.807, 2.05) is 0 Å². The minimum Gasteiger partial charge on any atom is -0.462 e. The zero-order valence-corrected chi connectivity index (χ0v) is 48.3. The van der Waals surface area contributed by atoms with E-state index in [0.717, 1.165) is 135 Å². The third kappa shape index (κ3) is 59.0. The van der Waals surface area contributed by atoms with Crippen molar-refractivity contribution in [2.45, 2.75) is 290 Å². The topological polar surface area (TPSA) is 78.9 Å². The molecule has 0 radical (unpaired) electrons. The quantitative estimate of drug-likeness (QED) is 0.0261. The molecule has 1 unspecified atom stereocenters. The molecule has 6 heteroatoms. The molecule has 0 aromatic carbocycles. The van der Waals surface area contributed by atoms with Gasteiger partial charge in [0.05, 0.1) is 0 Å². The maximum Gasteiger partial charge on any atom is 0.306 e. The fraction of sp³-hybridized carbons (Fsp3) is 0.691. The maximum absolute atomic E-state index is 12.9. The van der Waals surface area contributed by atoms with Crippen LogP contribution in [-0.4, -0.2) is 37.2 Å². The second-order valence-electron chi connectivity index (χ2n) is 20.2. The van der Waals surface area contributed by atoms with Crippen LogP contribution in [0.15, 0.2) is 109 Å². The molecule has 0 saturated heterocycles. The van der Waals surface area contributed by atoms with Crippen molar-refractivity contribution in [2.24, 2.45) is 0 Å². The summed E-state index contributed by atoms with van der Waals surface area (Å²) < 4.78 is 16.8. The van der Waals surface area contributed by atoms with Crippen molar-refractivity contribution >= 4 is 17.9 Å². The average molecular weight is 1030 g/mol. The summed E-state index contributed by atoms with van der Waals surface area (Å²) >= 11 is 0. The Balaban J connectivity index is 4.34. The average Bonchev–Trinajstić information content (AvgIpc) is 3.40. The molecule has 0 aliphatic heterocycles. The third-order valence-corrected chi connectivity index (χ3v) is 13.0. The van der Waals surface area contributed by atoms with Gasteiger partial charge in [0.25, 0.3) is 0 Å². The van der Waals surface area contributed by atoms with Crippen LogP contribution in [0.4, 0.5) is 0 Å². The molecule has 0 bridgehead atoms. The van der Waals surface area contributed by atoms with Crippen LogP contribution in [0.2, 0.25) is 0 Å². The number of carbonyl (C=O) groups excluding carboxylic acids is 3. The van der Waals surface area contributed by atoms with Gasteiger partial charge in [0.15, 0.2) is 6.10 Å². The molecule has 1 atom stereocenters. The molecule has 0 spiro atoms.